The van der Waals surface area contributed by atoms with Crippen LogP contribution in [0.5, 0.6) is 0 Å². The molecule has 13 heavy (non-hydrogen) atoms. The Bertz CT molecular complexity index is 269. The molecule has 0 radical (unpaired) electrons. The lowest BCUT2D eigenvalue weighted by Crippen LogP contribution is -2.52. The highest BCUT2D eigenvalue weighted by atomic mass is 16.3. The highest BCUT2D eigenvalue weighted by molar-refractivity contribution is 5.22. The second-order valence-corrected chi connectivity index (χ2v) is 4.81. The molecule has 0 aromatic rings. The second kappa shape index (κ2) is 2.48. The number of rotatable bonds is 0. The predicted octanol–water partition coefficient (Wildman–Crippen LogP) is 2.28. The van der Waals surface area contributed by atoms with Gasteiger partial charge in [-0.15, -0.1) is 0 Å². The molecular weight excluding hydrogens is 160 g/mol. The Balaban J connectivity index is 2.00. The van der Waals surface area contributed by atoms with E-state index in [4.69, 9.17) is 0 Å². The van der Waals surface area contributed by atoms with Crippen molar-refractivity contribution in [3.05, 3.63) is 24.3 Å². The van der Waals surface area contributed by atoms with Crippen molar-refractivity contribution in [1.29, 1.82) is 0 Å². The molecule has 0 amide bonds. The Labute approximate surface area is 79.2 Å². The van der Waals surface area contributed by atoms with Crippen LogP contribution in [0.25, 0.3) is 0 Å². The number of allylic oxidation sites excluding steroid dienone is 3. The Morgan fingerprint density at radius 1 is 1.08 bits per heavy atom. The fraction of sp³-hybridized carbons (Fsp3) is 0.667. The van der Waals surface area contributed by atoms with Crippen molar-refractivity contribution in [2.45, 2.75) is 31.3 Å². The maximum Gasteiger partial charge on any atom is 0.0716 e. The van der Waals surface area contributed by atoms with Crippen LogP contribution in [0.15, 0.2) is 24.3 Å². The number of aliphatic hydroxyl groups is 1. The molecule has 3 fully saturated rings. The van der Waals surface area contributed by atoms with Crippen LogP contribution in [0.3, 0.4) is 0 Å². The zero-order valence-electron chi connectivity index (χ0n) is 7.82. The molecule has 0 aromatic carbocycles. The third-order valence-electron chi connectivity index (χ3n) is 4.24. The zero-order chi connectivity index (χ0) is 8.89. The van der Waals surface area contributed by atoms with Crippen LogP contribution in [-0.4, -0.2) is 10.7 Å². The van der Waals surface area contributed by atoms with Crippen LogP contribution in [0, 0.1) is 17.8 Å². The summed E-state index contributed by atoms with van der Waals surface area (Å²) < 4.78 is 0. The van der Waals surface area contributed by atoms with Crippen LogP contribution in [0.4, 0.5) is 0 Å². The standard InChI is InChI=1S/C12H16O/c13-12-7-5-9(6-8-12)10-3-1-2-4-11(10)12/h1-4,9-11,13H,5-8H2. The lowest BCUT2D eigenvalue weighted by atomic mass is 9.55. The van der Waals surface area contributed by atoms with Gasteiger partial charge in [-0.05, 0) is 37.5 Å². The lowest BCUT2D eigenvalue weighted by Gasteiger charge is -2.53. The molecule has 0 saturated heterocycles. The van der Waals surface area contributed by atoms with Gasteiger partial charge in [0.2, 0.25) is 0 Å². The normalized spacial score (nSPS) is 52.2. The second-order valence-electron chi connectivity index (χ2n) is 4.81. The fourth-order valence-electron chi connectivity index (χ4n) is 3.47. The van der Waals surface area contributed by atoms with Gasteiger partial charge in [-0.1, -0.05) is 24.3 Å². The molecule has 1 N–H and O–H groups in total. The van der Waals surface area contributed by atoms with Gasteiger partial charge in [-0.25, -0.2) is 0 Å². The van der Waals surface area contributed by atoms with Crippen molar-refractivity contribution in [3.63, 3.8) is 0 Å². The minimum Gasteiger partial charge on any atom is -0.389 e. The van der Waals surface area contributed by atoms with E-state index in [0.29, 0.717) is 11.8 Å². The van der Waals surface area contributed by atoms with Gasteiger partial charge in [0, 0.05) is 5.92 Å². The van der Waals surface area contributed by atoms with E-state index in [2.05, 4.69) is 24.3 Å². The van der Waals surface area contributed by atoms with E-state index in [1.807, 2.05) is 0 Å². The van der Waals surface area contributed by atoms with Crippen molar-refractivity contribution in [3.8, 4) is 0 Å². The summed E-state index contributed by atoms with van der Waals surface area (Å²) in [7, 11) is 0. The smallest absolute Gasteiger partial charge is 0.0716 e. The molecule has 4 rings (SSSR count). The third-order valence-corrected chi connectivity index (χ3v) is 4.24. The Hall–Kier alpha value is -0.560. The van der Waals surface area contributed by atoms with Crippen molar-refractivity contribution in [2.75, 3.05) is 0 Å². The van der Waals surface area contributed by atoms with Crippen LogP contribution in [-0.2, 0) is 0 Å². The van der Waals surface area contributed by atoms with Gasteiger partial charge in [0.05, 0.1) is 5.60 Å². The highest BCUT2D eigenvalue weighted by Gasteiger charge is 2.50. The van der Waals surface area contributed by atoms with Crippen molar-refractivity contribution >= 4 is 0 Å². The Kier molecular flexibility index (Phi) is 1.49. The molecule has 4 aliphatic rings. The summed E-state index contributed by atoms with van der Waals surface area (Å²) in [5.74, 6) is 1.91. The van der Waals surface area contributed by atoms with Gasteiger partial charge >= 0.3 is 0 Å². The van der Waals surface area contributed by atoms with E-state index in [1.54, 1.807) is 0 Å². The van der Waals surface area contributed by atoms with Gasteiger partial charge in [0.15, 0.2) is 0 Å². The first-order chi connectivity index (χ1) is 6.30. The van der Waals surface area contributed by atoms with Crippen molar-refractivity contribution in [2.24, 2.45) is 17.8 Å². The van der Waals surface area contributed by atoms with Gasteiger partial charge in [-0.3, -0.25) is 0 Å². The molecule has 1 nitrogen and oxygen atoms in total. The quantitative estimate of drug-likeness (QED) is 0.600. The minimum absolute atomic E-state index is 0.360. The Morgan fingerprint density at radius 2 is 1.77 bits per heavy atom. The first-order valence-electron chi connectivity index (χ1n) is 5.37. The number of hydrogen-bond donors (Lipinski definition) is 1. The maximum absolute atomic E-state index is 10.4. The Morgan fingerprint density at radius 3 is 2.46 bits per heavy atom. The largest absolute Gasteiger partial charge is 0.389 e. The molecule has 0 aromatic heterocycles. The van der Waals surface area contributed by atoms with Gasteiger partial charge in [0.1, 0.15) is 0 Å². The lowest BCUT2D eigenvalue weighted by molar-refractivity contribution is -0.108. The van der Waals surface area contributed by atoms with E-state index < -0.39 is 0 Å². The maximum atomic E-state index is 10.4. The van der Waals surface area contributed by atoms with E-state index in [1.165, 1.54) is 12.8 Å². The summed E-state index contributed by atoms with van der Waals surface area (Å²) in [6.07, 6.45) is 13.3. The monoisotopic (exact) mass is 176 g/mol. The summed E-state index contributed by atoms with van der Waals surface area (Å²) in [5.41, 5.74) is -0.360. The van der Waals surface area contributed by atoms with E-state index in [0.717, 1.165) is 18.8 Å². The molecule has 3 saturated carbocycles. The molecule has 2 unspecified atom stereocenters. The molecule has 2 atom stereocenters. The van der Waals surface area contributed by atoms with Crippen LogP contribution >= 0.6 is 0 Å². The average molecular weight is 176 g/mol. The average Bonchev–Trinajstić information content (AvgIpc) is 2.19. The first kappa shape index (κ1) is 7.81. The van der Waals surface area contributed by atoms with Crippen molar-refractivity contribution < 1.29 is 5.11 Å². The summed E-state index contributed by atoms with van der Waals surface area (Å²) in [6.45, 7) is 0. The van der Waals surface area contributed by atoms with E-state index in [-0.39, 0.29) is 5.60 Å². The SMILES string of the molecule is OC12CCC(CC1)C1C=CC=CC12. The van der Waals surface area contributed by atoms with Gasteiger partial charge < -0.3 is 5.11 Å². The van der Waals surface area contributed by atoms with Gasteiger partial charge in [-0.2, -0.15) is 0 Å². The summed E-state index contributed by atoms with van der Waals surface area (Å²) in [4.78, 5) is 0. The fourth-order valence-corrected chi connectivity index (χ4v) is 3.47. The summed E-state index contributed by atoms with van der Waals surface area (Å²) in [5, 5.41) is 10.4. The van der Waals surface area contributed by atoms with Crippen LogP contribution in [0.1, 0.15) is 25.7 Å². The number of hydrogen-bond acceptors (Lipinski definition) is 1. The van der Waals surface area contributed by atoms with Crippen LogP contribution < -0.4 is 0 Å². The highest BCUT2D eigenvalue weighted by Crippen LogP contribution is 2.53. The molecule has 4 aliphatic carbocycles. The minimum atomic E-state index is -0.360. The molecule has 1 heteroatoms. The molecule has 0 aliphatic heterocycles. The predicted molar refractivity (Wildman–Crippen MR) is 52.2 cm³/mol. The number of fused-ring (bicyclic) bond motifs is 2. The summed E-state index contributed by atoms with van der Waals surface area (Å²) >= 11 is 0. The summed E-state index contributed by atoms with van der Waals surface area (Å²) in [6, 6.07) is 0. The van der Waals surface area contributed by atoms with Crippen molar-refractivity contribution in [1.82, 2.24) is 0 Å². The molecular formula is C12H16O. The zero-order valence-corrected chi connectivity index (χ0v) is 7.82. The molecule has 0 spiro atoms. The van der Waals surface area contributed by atoms with Gasteiger partial charge in [0.25, 0.3) is 0 Å². The molecule has 0 heterocycles. The topological polar surface area (TPSA) is 20.2 Å². The third kappa shape index (κ3) is 0.969. The van der Waals surface area contributed by atoms with Crippen LogP contribution in [0.2, 0.25) is 0 Å². The first-order valence-corrected chi connectivity index (χ1v) is 5.37. The van der Waals surface area contributed by atoms with E-state index in [9.17, 15) is 5.11 Å². The molecule has 2 bridgehead atoms. The molecule has 70 valence electrons. The van der Waals surface area contributed by atoms with E-state index >= 15 is 0 Å².